The Bertz CT molecular complexity index is 1200. The van der Waals surface area contributed by atoms with Crippen molar-refractivity contribution in [1.82, 2.24) is 25.1 Å². The summed E-state index contributed by atoms with van der Waals surface area (Å²) < 4.78 is 79.5. The molecule has 2 aromatic rings. The first-order valence-corrected chi connectivity index (χ1v) is 14.5. The molecule has 14 heteroatoms. The quantitative estimate of drug-likeness (QED) is 0.339. The standard InChI is InChI=1S/C29H39F6N7O/c1-27(2,3)25-37-23(29(33,34)35)20-24(38-25)41-13-11-39(12-14-41)10-5-4-9-36-26(43)42-17-15-40(16-18-42)22-8-6-7-21(19-22)28(30,31)32/h6-8,19-20H,4-5,9-18H2,1-3H3,(H,36,43). The van der Waals surface area contributed by atoms with Crippen molar-refractivity contribution >= 4 is 17.5 Å². The highest BCUT2D eigenvalue weighted by atomic mass is 19.4. The molecule has 0 aliphatic carbocycles. The molecule has 2 aliphatic rings. The number of hydrogen-bond donors (Lipinski definition) is 1. The predicted molar refractivity (Wildman–Crippen MR) is 152 cm³/mol. The molecule has 2 aliphatic heterocycles. The van der Waals surface area contributed by atoms with Gasteiger partial charge in [0, 0.05) is 76.1 Å². The number of urea groups is 1. The topological polar surface area (TPSA) is 67.8 Å². The van der Waals surface area contributed by atoms with E-state index in [0.717, 1.165) is 37.6 Å². The third-order valence-corrected chi connectivity index (χ3v) is 7.65. The maximum atomic E-state index is 13.5. The minimum Gasteiger partial charge on any atom is -0.368 e. The van der Waals surface area contributed by atoms with Gasteiger partial charge >= 0.3 is 18.4 Å². The largest absolute Gasteiger partial charge is 0.433 e. The minimum atomic E-state index is -4.55. The lowest BCUT2D eigenvalue weighted by atomic mass is 9.95. The third-order valence-electron chi connectivity index (χ3n) is 7.65. The Hall–Kier alpha value is -3.29. The van der Waals surface area contributed by atoms with Gasteiger partial charge in [0.2, 0.25) is 0 Å². The van der Waals surface area contributed by atoms with Crippen LogP contribution in [0.1, 0.15) is 50.7 Å². The molecule has 0 unspecified atom stereocenters. The molecule has 2 saturated heterocycles. The molecule has 1 aromatic carbocycles. The summed E-state index contributed by atoms with van der Waals surface area (Å²) in [6.07, 6.45) is -7.32. The van der Waals surface area contributed by atoms with Gasteiger partial charge in [0.25, 0.3) is 0 Å². The van der Waals surface area contributed by atoms with Crippen LogP contribution in [-0.4, -0.2) is 91.2 Å². The van der Waals surface area contributed by atoms with Crippen LogP contribution in [0.3, 0.4) is 0 Å². The Morgan fingerprint density at radius 2 is 1.47 bits per heavy atom. The number of piperazine rings is 2. The van der Waals surface area contributed by atoms with Gasteiger partial charge < -0.3 is 20.0 Å². The summed E-state index contributed by atoms with van der Waals surface area (Å²) in [6.45, 7) is 10.9. The van der Waals surface area contributed by atoms with Crippen molar-refractivity contribution in [2.75, 3.05) is 75.2 Å². The molecule has 0 spiro atoms. The fourth-order valence-electron chi connectivity index (χ4n) is 5.09. The number of rotatable bonds is 7. The van der Waals surface area contributed by atoms with Crippen LogP contribution >= 0.6 is 0 Å². The molecule has 4 rings (SSSR count). The van der Waals surface area contributed by atoms with Crippen LogP contribution in [0.15, 0.2) is 30.3 Å². The molecule has 0 radical (unpaired) electrons. The minimum absolute atomic E-state index is 0.166. The number of anilines is 2. The second kappa shape index (κ2) is 13.1. The normalized spacial score (nSPS) is 17.4. The number of benzene rings is 1. The lowest BCUT2D eigenvalue weighted by molar-refractivity contribution is -0.141. The number of hydrogen-bond acceptors (Lipinski definition) is 6. The zero-order chi connectivity index (χ0) is 31.4. The Kier molecular flexibility index (Phi) is 9.97. The molecule has 238 valence electrons. The van der Waals surface area contributed by atoms with E-state index in [1.165, 1.54) is 6.07 Å². The number of nitrogens with zero attached hydrogens (tertiary/aromatic N) is 6. The molecule has 3 heterocycles. The molecular formula is C29H39F6N7O. The maximum Gasteiger partial charge on any atom is 0.433 e. The van der Waals surface area contributed by atoms with E-state index >= 15 is 0 Å². The van der Waals surface area contributed by atoms with Crippen LogP contribution in [0.25, 0.3) is 0 Å². The summed E-state index contributed by atoms with van der Waals surface area (Å²) in [5.74, 6) is 0.463. The molecule has 43 heavy (non-hydrogen) atoms. The summed E-state index contributed by atoms with van der Waals surface area (Å²) in [5.41, 5.74) is -1.74. The average Bonchev–Trinajstić information content (AvgIpc) is 2.96. The van der Waals surface area contributed by atoms with Gasteiger partial charge in [0.05, 0.1) is 5.56 Å². The van der Waals surface area contributed by atoms with Crippen LogP contribution < -0.4 is 15.1 Å². The summed E-state index contributed by atoms with van der Waals surface area (Å²) in [7, 11) is 0. The molecular weight excluding hydrogens is 576 g/mol. The Morgan fingerprint density at radius 1 is 0.814 bits per heavy atom. The Labute approximate surface area is 248 Å². The van der Waals surface area contributed by atoms with Crippen molar-refractivity contribution in [3.63, 3.8) is 0 Å². The fraction of sp³-hybridized carbons (Fsp3) is 0.621. The second-order valence-corrected chi connectivity index (χ2v) is 12.0. The SMILES string of the molecule is CC(C)(C)c1nc(N2CCN(CCCCNC(=O)N3CCN(c4cccc(C(F)(F)F)c4)CC3)CC2)cc(C(F)(F)F)n1. The van der Waals surface area contributed by atoms with Crippen molar-refractivity contribution in [2.24, 2.45) is 0 Å². The van der Waals surface area contributed by atoms with Crippen molar-refractivity contribution in [3.05, 3.63) is 47.4 Å². The van der Waals surface area contributed by atoms with E-state index in [-0.39, 0.29) is 11.9 Å². The highest BCUT2D eigenvalue weighted by molar-refractivity contribution is 5.74. The lowest BCUT2D eigenvalue weighted by Crippen LogP contribution is -2.52. The molecule has 8 nitrogen and oxygen atoms in total. The monoisotopic (exact) mass is 615 g/mol. The molecule has 2 fully saturated rings. The lowest BCUT2D eigenvalue weighted by Gasteiger charge is -2.36. The van der Waals surface area contributed by atoms with Crippen LogP contribution in [0, 0.1) is 0 Å². The molecule has 0 bridgehead atoms. The smallest absolute Gasteiger partial charge is 0.368 e. The van der Waals surface area contributed by atoms with Crippen LogP contribution in [-0.2, 0) is 17.8 Å². The predicted octanol–water partition coefficient (Wildman–Crippen LogP) is 5.25. The first-order valence-electron chi connectivity index (χ1n) is 14.5. The number of alkyl halides is 6. The molecule has 0 atom stereocenters. The zero-order valence-corrected chi connectivity index (χ0v) is 24.7. The van der Waals surface area contributed by atoms with Crippen molar-refractivity contribution in [3.8, 4) is 0 Å². The number of aromatic nitrogens is 2. The molecule has 0 saturated carbocycles. The van der Waals surface area contributed by atoms with Gasteiger partial charge in [0.1, 0.15) is 17.3 Å². The average molecular weight is 616 g/mol. The van der Waals surface area contributed by atoms with Gasteiger partial charge in [0.15, 0.2) is 0 Å². The number of unbranched alkanes of at least 4 members (excludes halogenated alkanes) is 1. The highest BCUT2D eigenvalue weighted by Crippen LogP contribution is 2.33. The number of carbonyl (C=O) groups excluding carboxylic acids is 1. The second-order valence-electron chi connectivity index (χ2n) is 12.0. The summed E-state index contributed by atoms with van der Waals surface area (Å²) >= 11 is 0. The van der Waals surface area contributed by atoms with Gasteiger partial charge in [-0.2, -0.15) is 26.3 Å². The number of halogens is 6. The summed E-state index contributed by atoms with van der Waals surface area (Å²) in [6, 6.07) is 6.07. The van der Waals surface area contributed by atoms with Crippen molar-refractivity contribution in [1.29, 1.82) is 0 Å². The van der Waals surface area contributed by atoms with Crippen molar-refractivity contribution in [2.45, 2.75) is 51.4 Å². The summed E-state index contributed by atoms with van der Waals surface area (Å²) in [4.78, 5) is 28.4. The molecule has 1 aromatic heterocycles. The van der Waals surface area contributed by atoms with E-state index < -0.39 is 29.0 Å². The van der Waals surface area contributed by atoms with Crippen LogP contribution in [0.5, 0.6) is 0 Å². The first-order chi connectivity index (χ1) is 20.1. The Morgan fingerprint density at radius 3 is 2.07 bits per heavy atom. The van der Waals surface area contributed by atoms with E-state index in [4.69, 9.17) is 0 Å². The van der Waals surface area contributed by atoms with E-state index in [0.29, 0.717) is 70.4 Å². The van der Waals surface area contributed by atoms with E-state index in [1.54, 1.807) is 31.7 Å². The van der Waals surface area contributed by atoms with Crippen LogP contribution in [0.2, 0.25) is 0 Å². The fourth-order valence-corrected chi connectivity index (χ4v) is 5.09. The maximum absolute atomic E-state index is 13.5. The van der Waals surface area contributed by atoms with Gasteiger partial charge in [-0.1, -0.05) is 26.8 Å². The van der Waals surface area contributed by atoms with E-state index in [2.05, 4.69) is 20.2 Å². The van der Waals surface area contributed by atoms with Gasteiger partial charge in [-0.15, -0.1) is 0 Å². The van der Waals surface area contributed by atoms with Gasteiger partial charge in [-0.05, 0) is 37.6 Å². The van der Waals surface area contributed by atoms with E-state index in [9.17, 15) is 31.1 Å². The van der Waals surface area contributed by atoms with Gasteiger partial charge in [-0.25, -0.2) is 14.8 Å². The van der Waals surface area contributed by atoms with Crippen molar-refractivity contribution < 1.29 is 31.1 Å². The third kappa shape index (κ3) is 8.87. The first kappa shape index (κ1) is 32.6. The highest BCUT2D eigenvalue weighted by Gasteiger charge is 2.36. The summed E-state index contributed by atoms with van der Waals surface area (Å²) in [5, 5.41) is 2.92. The number of amides is 2. The van der Waals surface area contributed by atoms with E-state index in [1.807, 2.05) is 9.80 Å². The van der Waals surface area contributed by atoms with Crippen LogP contribution in [0.4, 0.5) is 42.6 Å². The zero-order valence-electron chi connectivity index (χ0n) is 24.7. The number of nitrogens with one attached hydrogen (secondary N) is 1. The van der Waals surface area contributed by atoms with Gasteiger partial charge in [-0.3, -0.25) is 4.90 Å². The molecule has 2 amide bonds. The Balaban J connectivity index is 1.15. The number of carbonyl (C=O) groups is 1. The molecule has 1 N–H and O–H groups in total.